The Labute approximate surface area is 89.9 Å². The topological polar surface area (TPSA) is 17.1 Å². The number of benzene rings is 1. The van der Waals surface area contributed by atoms with Crippen molar-refractivity contribution in [3.05, 3.63) is 34.4 Å². The van der Waals surface area contributed by atoms with Gasteiger partial charge < -0.3 is 0 Å². The summed E-state index contributed by atoms with van der Waals surface area (Å²) >= 11 is 1.58. The van der Waals surface area contributed by atoms with Crippen molar-refractivity contribution in [1.29, 1.82) is 0 Å². The van der Waals surface area contributed by atoms with E-state index in [1.165, 1.54) is 5.56 Å². The molecule has 76 valence electrons. The number of carbonyl (C=O) groups excluding carboxylic acids is 1. The zero-order valence-corrected chi connectivity index (χ0v) is 9.99. The van der Waals surface area contributed by atoms with Gasteiger partial charge in [-0.2, -0.15) is 11.8 Å². The van der Waals surface area contributed by atoms with Gasteiger partial charge in [-0.1, -0.05) is 17.7 Å². The minimum atomic E-state index is 0.243. The van der Waals surface area contributed by atoms with Gasteiger partial charge in [-0.25, -0.2) is 0 Å². The number of thioether (sulfide) groups is 1. The number of hydrogen-bond acceptors (Lipinski definition) is 2. The van der Waals surface area contributed by atoms with E-state index in [-0.39, 0.29) is 5.78 Å². The Morgan fingerprint density at radius 3 is 2.14 bits per heavy atom. The number of Topliss-reactive ketones (excluding diaryl/α,β-unsaturated/α-hetero) is 1. The number of aryl methyl sites for hydroxylation is 3. The van der Waals surface area contributed by atoms with E-state index in [0.717, 1.165) is 16.7 Å². The predicted molar refractivity (Wildman–Crippen MR) is 63.4 cm³/mol. The number of carbonyl (C=O) groups is 1. The van der Waals surface area contributed by atoms with E-state index >= 15 is 0 Å². The summed E-state index contributed by atoms with van der Waals surface area (Å²) in [6.45, 7) is 6.07. The van der Waals surface area contributed by atoms with E-state index in [0.29, 0.717) is 5.75 Å². The molecule has 0 aliphatic carbocycles. The molecule has 2 heteroatoms. The van der Waals surface area contributed by atoms with Crippen molar-refractivity contribution in [1.82, 2.24) is 0 Å². The third-order valence-electron chi connectivity index (χ3n) is 2.23. The Hall–Kier alpha value is -0.760. The second kappa shape index (κ2) is 4.65. The molecule has 0 saturated heterocycles. The Morgan fingerprint density at radius 1 is 1.21 bits per heavy atom. The normalized spacial score (nSPS) is 10.3. The molecule has 0 fully saturated rings. The van der Waals surface area contributed by atoms with Crippen LogP contribution in [-0.4, -0.2) is 17.8 Å². The Morgan fingerprint density at radius 2 is 1.71 bits per heavy atom. The van der Waals surface area contributed by atoms with Crippen molar-refractivity contribution < 1.29 is 4.79 Å². The van der Waals surface area contributed by atoms with E-state index in [2.05, 4.69) is 19.1 Å². The van der Waals surface area contributed by atoms with Crippen LogP contribution in [0.3, 0.4) is 0 Å². The second-order valence-electron chi connectivity index (χ2n) is 3.63. The molecule has 0 aliphatic rings. The zero-order valence-electron chi connectivity index (χ0n) is 9.18. The van der Waals surface area contributed by atoms with E-state index in [1.54, 1.807) is 11.8 Å². The largest absolute Gasteiger partial charge is 0.293 e. The lowest BCUT2D eigenvalue weighted by molar-refractivity contribution is 0.102. The van der Waals surface area contributed by atoms with E-state index in [1.807, 2.05) is 20.1 Å². The van der Waals surface area contributed by atoms with Crippen LogP contribution < -0.4 is 0 Å². The van der Waals surface area contributed by atoms with Crippen LogP contribution >= 0.6 is 11.8 Å². The van der Waals surface area contributed by atoms with Gasteiger partial charge in [-0.15, -0.1) is 0 Å². The average molecular weight is 208 g/mol. The highest BCUT2D eigenvalue weighted by atomic mass is 32.2. The number of rotatable bonds is 3. The molecule has 1 aromatic rings. The highest BCUT2D eigenvalue weighted by Crippen LogP contribution is 2.18. The van der Waals surface area contributed by atoms with Gasteiger partial charge >= 0.3 is 0 Å². The zero-order chi connectivity index (χ0) is 10.7. The minimum Gasteiger partial charge on any atom is -0.293 e. The average Bonchev–Trinajstić information content (AvgIpc) is 2.01. The lowest BCUT2D eigenvalue weighted by Gasteiger charge is -2.09. The first kappa shape index (κ1) is 11.3. The van der Waals surface area contributed by atoms with Gasteiger partial charge in [0.2, 0.25) is 0 Å². The maximum atomic E-state index is 11.8. The molecule has 0 unspecified atom stereocenters. The molecule has 0 aliphatic heterocycles. The third kappa shape index (κ3) is 2.38. The summed E-state index contributed by atoms with van der Waals surface area (Å²) in [6.07, 6.45) is 1.96. The summed E-state index contributed by atoms with van der Waals surface area (Å²) in [5.74, 6) is 0.817. The molecule has 1 aromatic carbocycles. The second-order valence-corrected chi connectivity index (χ2v) is 4.50. The van der Waals surface area contributed by atoms with Crippen LogP contribution in [0, 0.1) is 20.8 Å². The van der Waals surface area contributed by atoms with Gasteiger partial charge in [0, 0.05) is 5.56 Å². The first-order chi connectivity index (χ1) is 6.56. The van der Waals surface area contributed by atoms with E-state index < -0.39 is 0 Å². The quantitative estimate of drug-likeness (QED) is 0.710. The lowest BCUT2D eigenvalue weighted by Crippen LogP contribution is -2.07. The highest BCUT2D eigenvalue weighted by molar-refractivity contribution is 7.99. The summed E-state index contributed by atoms with van der Waals surface area (Å²) in [4.78, 5) is 11.8. The van der Waals surface area contributed by atoms with Crippen LogP contribution in [0.2, 0.25) is 0 Å². The fourth-order valence-electron chi connectivity index (χ4n) is 1.82. The molecular weight excluding hydrogens is 192 g/mol. The molecule has 1 nitrogen and oxygen atoms in total. The summed E-state index contributed by atoms with van der Waals surface area (Å²) in [5.41, 5.74) is 4.33. The van der Waals surface area contributed by atoms with E-state index in [9.17, 15) is 4.79 Å². The predicted octanol–water partition coefficient (Wildman–Crippen LogP) is 3.16. The van der Waals surface area contributed by atoms with Gasteiger partial charge in [0.1, 0.15) is 0 Å². The highest BCUT2D eigenvalue weighted by Gasteiger charge is 2.11. The maximum absolute atomic E-state index is 11.8. The third-order valence-corrected chi connectivity index (χ3v) is 2.78. The van der Waals surface area contributed by atoms with Crippen LogP contribution in [0.1, 0.15) is 27.0 Å². The molecule has 0 N–H and O–H groups in total. The maximum Gasteiger partial charge on any atom is 0.173 e. The van der Waals surface area contributed by atoms with Crippen LogP contribution in [0.4, 0.5) is 0 Å². The molecule has 0 saturated carbocycles. The molecule has 0 spiro atoms. The van der Waals surface area contributed by atoms with Crippen molar-refractivity contribution in [2.75, 3.05) is 12.0 Å². The summed E-state index contributed by atoms with van der Waals surface area (Å²) in [5, 5.41) is 0. The first-order valence-corrected chi connectivity index (χ1v) is 6.05. The Bertz CT molecular complexity index is 332. The van der Waals surface area contributed by atoms with Crippen LogP contribution in [0.15, 0.2) is 12.1 Å². The van der Waals surface area contributed by atoms with Crippen molar-refractivity contribution in [3.63, 3.8) is 0 Å². The molecule has 0 amide bonds. The van der Waals surface area contributed by atoms with Crippen molar-refractivity contribution in [2.24, 2.45) is 0 Å². The standard InChI is InChI=1S/C12H16OS/c1-8-5-9(2)12(10(3)6-8)11(13)7-14-4/h5-6H,7H2,1-4H3. The van der Waals surface area contributed by atoms with Gasteiger partial charge in [0.25, 0.3) is 0 Å². The summed E-state index contributed by atoms with van der Waals surface area (Å²) in [7, 11) is 0. The van der Waals surface area contributed by atoms with Crippen molar-refractivity contribution >= 4 is 17.5 Å². The van der Waals surface area contributed by atoms with Gasteiger partial charge in [-0.05, 0) is 38.2 Å². The molecule has 0 aromatic heterocycles. The Kier molecular flexibility index (Phi) is 3.76. The van der Waals surface area contributed by atoms with Crippen LogP contribution in [-0.2, 0) is 0 Å². The fourth-order valence-corrected chi connectivity index (χ4v) is 2.23. The van der Waals surface area contributed by atoms with Crippen LogP contribution in [0.25, 0.3) is 0 Å². The number of ketones is 1. The molecular formula is C12H16OS. The van der Waals surface area contributed by atoms with Crippen molar-refractivity contribution in [3.8, 4) is 0 Å². The summed E-state index contributed by atoms with van der Waals surface area (Å²) < 4.78 is 0. The molecule has 0 bridgehead atoms. The fraction of sp³-hybridized carbons (Fsp3) is 0.417. The van der Waals surface area contributed by atoms with Gasteiger partial charge in [0.05, 0.1) is 5.75 Å². The first-order valence-electron chi connectivity index (χ1n) is 4.66. The monoisotopic (exact) mass is 208 g/mol. The van der Waals surface area contributed by atoms with Crippen molar-refractivity contribution in [2.45, 2.75) is 20.8 Å². The number of hydrogen-bond donors (Lipinski definition) is 0. The lowest BCUT2D eigenvalue weighted by atomic mass is 9.97. The molecule has 1 rings (SSSR count). The van der Waals surface area contributed by atoms with E-state index in [4.69, 9.17) is 0 Å². The molecule has 14 heavy (non-hydrogen) atoms. The van der Waals surface area contributed by atoms with Gasteiger partial charge in [-0.3, -0.25) is 4.79 Å². The molecule has 0 atom stereocenters. The molecule has 0 radical (unpaired) electrons. The van der Waals surface area contributed by atoms with Crippen LogP contribution in [0.5, 0.6) is 0 Å². The Balaban J connectivity index is 3.14. The summed E-state index contributed by atoms with van der Waals surface area (Å²) in [6, 6.07) is 4.14. The smallest absolute Gasteiger partial charge is 0.173 e. The van der Waals surface area contributed by atoms with Gasteiger partial charge in [0.15, 0.2) is 5.78 Å². The molecule has 0 heterocycles. The SMILES string of the molecule is CSCC(=O)c1c(C)cc(C)cc1C. The minimum absolute atomic E-state index is 0.243.